The van der Waals surface area contributed by atoms with Crippen molar-refractivity contribution in [3.05, 3.63) is 60.2 Å². The first-order valence-corrected chi connectivity index (χ1v) is 12.0. The van der Waals surface area contributed by atoms with Gasteiger partial charge in [0, 0.05) is 43.4 Å². The summed E-state index contributed by atoms with van der Waals surface area (Å²) < 4.78 is 0. The monoisotopic (exact) mass is 481 g/mol. The van der Waals surface area contributed by atoms with Gasteiger partial charge in [-0.15, -0.1) is 0 Å². The van der Waals surface area contributed by atoms with Crippen LogP contribution in [0.2, 0.25) is 0 Å². The molecule has 0 atom stereocenters. The molecular formula is C24H35N9O2. The first-order valence-electron chi connectivity index (χ1n) is 12.0. The lowest BCUT2D eigenvalue weighted by Gasteiger charge is -2.30. The number of H-pyrrole nitrogens is 2. The van der Waals surface area contributed by atoms with Gasteiger partial charge in [-0.3, -0.25) is 14.5 Å². The first kappa shape index (κ1) is 26.0. The molecule has 0 fully saturated rings. The highest BCUT2D eigenvalue weighted by atomic mass is 16.2. The summed E-state index contributed by atoms with van der Waals surface area (Å²) in [4.78, 5) is 52.3. The van der Waals surface area contributed by atoms with Gasteiger partial charge < -0.3 is 20.2 Å². The van der Waals surface area contributed by atoms with E-state index in [2.05, 4.69) is 67.8 Å². The Labute approximate surface area is 205 Å². The van der Waals surface area contributed by atoms with Gasteiger partial charge in [-0.05, 0) is 47.1 Å². The molecule has 0 aromatic carbocycles. The zero-order valence-electron chi connectivity index (χ0n) is 20.9. The minimum absolute atomic E-state index is 0.141. The number of hydrogen-bond donors (Lipinski definition) is 3. The smallest absolute Gasteiger partial charge is 0.274 e. The fraction of sp³-hybridized carbons (Fsp3) is 0.500. The van der Waals surface area contributed by atoms with Gasteiger partial charge in [-0.2, -0.15) is 0 Å². The van der Waals surface area contributed by atoms with Crippen molar-refractivity contribution in [3.63, 3.8) is 0 Å². The lowest BCUT2D eigenvalue weighted by atomic mass is 10.2. The molecule has 0 unspecified atom stereocenters. The van der Waals surface area contributed by atoms with Gasteiger partial charge in [-0.25, -0.2) is 19.9 Å². The van der Waals surface area contributed by atoms with E-state index in [0.29, 0.717) is 30.3 Å². The maximum atomic E-state index is 13.1. The summed E-state index contributed by atoms with van der Waals surface area (Å²) >= 11 is 0. The number of carbonyl (C=O) groups excluding carboxylic acids is 2. The Kier molecular flexibility index (Phi) is 9.47. The third-order valence-corrected chi connectivity index (χ3v) is 5.64. The number of aromatic amines is 2. The molecule has 0 aliphatic rings. The predicted octanol–water partition coefficient (Wildman–Crippen LogP) is 2.39. The standard InChI is InChI=1S/C24H35N9O2/c1-17(2)33(18(3)4)12-6-5-7-29-23(34)19-13-31-20(14-30-19)24(35)32(15-21-25-8-9-26-21)16-22-27-10-11-28-22/h8-11,13-14,17-18H,5-7,12,15-16H2,1-4H3,(H,25,26)(H,27,28)(H,29,34). The number of imidazole rings is 2. The van der Waals surface area contributed by atoms with E-state index in [0.717, 1.165) is 19.4 Å². The molecule has 0 radical (unpaired) electrons. The van der Waals surface area contributed by atoms with Crippen molar-refractivity contribution in [2.24, 2.45) is 0 Å². The molecule has 0 aliphatic carbocycles. The normalized spacial score (nSPS) is 11.4. The van der Waals surface area contributed by atoms with Crippen LogP contribution in [0.3, 0.4) is 0 Å². The molecule has 3 aromatic heterocycles. The quantitative estimate of drug-likeness (QED) is 0.319. The van der Waals surface area contributed by atoms with Gasteiger partial charge in [0.15, 0.2) is 0 Å². The van der Waals surface area contributed by atoms with Crippen molar-refractivity contribution in [1.82, 2.24) is 45.0 Å². The number of nitrogens with one attached hydrogen (secondary N) is 3. The number of aromatic nitrogens is 6. The Bertz CT molecular complexity index is 987. The Morgan fingerprint density at radius 2 is 1.43 bits per heavy atom. The average molecular weight is 482 g/mol. The summed E-state index contributed by atoms with van der Waals surface area (Å²) in [5.74, 6) is 0.638. The van der Waals surface area contributed by atoms with Crippen LogP contribution in [0.4, 0.5) is 0 Å². The Morgan fingerprint density at radius 1 is 0.857 bits per heavy atom. The average Bonchev–Trinajstić information content (AvgIpc) is 3.54. The van der Waals surface area contributed by atoms with Crippen LogP contribution in [0, 0.1) is 0 Å². The Hall–Kier alpha value is -3.60. The number of carbonyl (C=O) groups is 2. The van der Waals surface area contributed by atoms with Crippen molar-refractivity contribution >= 4 is 11.8 Å². The molecule has 11 heteroatoms. The summed E-state index contributed by atoms with van der Waals surface area (Å²) in [6.45, 7) is 10.8. The number of unbranched alkanes of at least 4 members (excludes halogenated alkanes) is 1. The number of nitrogens with zero attached hydrogens (tertiary/aromatic N) is 6. The Morgan fingerprint density at radius 3 is 1.91 bits per heavy atom. The third-order valence-electron chi connectivity index (χ3n) is 5.64. The topological polar surface area (TPSA) is 136 Å². The fourth-order valence-corrected chi connectivity index (χ4v) is 3.87. The highest BCUT2D eigenvalue weighted by Gasteiger charge is 2.21. The molecule has 3 aromatic rings. The van der Waals surface area contributed by atoms with E-state index in [1.165, 1.54) is 12.4 Å². The highest BCUT2D eigenvalue weighted by molar-refractivity contribution is 5.94. The fourth-order valence-electron chi connectivity index (χ4n) is 3.87. The molecule has 188 valence electrons. The molecule has 11 nitrogen and oxygen atoms in total. The summed E-state index contributed by atoms with van der Waals surface area (Å²) in [6.07, 6.45) is 11.2. The van der Waals surface area contributed by atoms with Gasteiger partial charge >= 0.3 is 0 Å². The van der Waals surface area contributed by atoms with Crippen LogP contribution in [0.1, 0.15) is 73.2 Å². The molecule has 3 N–H and O–H groups in total. The molecule has 0 spiro atoms. The van der Waals surface area contributed by atoms with E-state index in [-0.39, 0.29) is 36.3 Å². The van der Waals surface area contributed by atoms with E-state index in [1.54, 1.807) is 29.7 Å². The van der Waals surface area contributed by atoms with Gasteiger partial charge in [0.2, 0.25) is 0 Å². The van der Waals surface area contributed by atoms with Gasteiger partial charge in [0.25, 0.3) is 11.8 Å². The zero-order valence-corrected chi connectivity index (χ0v) is 20.9. The van der Waals surface area contributed by atoms with Crippen LogP contribution in [-0.4, -0.2) is 76.7 Å². The van der Waals surface area contributed by atoms with E-state index >= 15 is 0 Å². The van der Waals surface area contributed by atoms with Crippen molar-refractivity contribution in [2.75, 3.05) is 13.1 Å². The molecule has 2 amide bonds. The highest BCUT2D eigenvalue weighted by Crippen LogP contribution is 2.10. The maximum absolute atomic E-state index is 13.1. The lowest BCUT2D eigenvalue weighted by molar-refractivity contribution is 0.0714. The van der Waals surface area contributed by atoms with E-state index < -0.39 is 0 Å². The number of hydrogen-bond acceptors (Lipinski definition) is 7. The largest absolute Gasteiger partial charge is 0.351 e. The Balaban J connectivity index is 1.53. The number of amides is 2. The molecule has 35 heavy (non-hydrogen) atoms. The van der Waals surface area contributed by atoms with Gasteiger partial charge in [-0.1, -0.05) is 0 Å². The van der Waals surface area contributed by atoms with E-state index in [9.17, 15) is 9.59 Å². The minimum Gasteiger partial charge on any atom is -0.351 e. The maximum Gasteiger partial charge on any atom is 0.274 e. The molecule has 3 heterocycles. The second kappa shape index (κ2) is 12.7. The van der Waals surface area contributed by atoms with Crippen molar-refractivity contribution in [3.8, 4) is 0 Å². The van der Waals surface area contributed by atoms with Crippen molar-refractivity contribution < 1.29 is 9.59 Å². The second-order valence-electron chi connectivity index (χ2n) is 8.91. The van der Waals surface area contributed by atoms with Crippen molar-refractivity contribution in [2.45, 2.75) is 65.7 Å². The summed E-state index contributed by atoms with van der Waals surface area (Å²) in [7, 11) is 0. The molecule has 0 aliphatic heterocycles. The van der Waals surface area contributed by atoms with Crippen LogP contribution in [0.15, 0.2) is 37.2 Å². The number of rotatable bonds is 13. The third kappa shape index (κ3) is 7.71. The summed E-state index contributed by atoms with van der Waals surface area (Å²) in [6, 6.07) is 0.991. The van der Waals surface area contributed by atoms with Crippen LogP contribution in [0.25, 0.3) is 0 Å². The molecule has 0 saturated carbocycles. The van der Waals surface area contributed by atoms with Gasteiger partial charge in [0.1, 0.15) is 23.0 Å². The molecule has 0 saturated heterocycles. The second-order valence-corrected chi connectivity index (χ2v) is 8.91. The van der Waals surface area contributed by atoms with Crippen LogP contribution < -0.4 is 5.32 Å². The molecular weight excluding hydrogens is 446 g/mol. The minimum atomic E-state index is -0.336. The first-order chi connectivity index (χ1) is 16.8. The van der Waals surface area contributed by atoms with Crippen LogP contribution in [0.5, 0.6) is 0 Å². The predicted molar refractivity (Wildman–Crippen MR) is 131 cm³/mol. The molecule has 0 bridgehead atoms. The molecule has 3 rings (SSSR count). The van der Waals surface area contributed by atoms with E-state index in [1.807, 2.05) is 0 Å². The van der Waals surface area contributed by atoms with Crippen molar-refractivity contribution in [1.29, 1.82) is 0 Å². The lowest BCUT2D eigenvalue weighted by Crippen LogP contribution is -2.38. The van der Waals surface area contributed by atoms with Crippen LogP contribution >= 0.6 is 0 Å². The zero-order chi connectivity index (χ0) is 25.2. The SMILES string of the molecule is CC(C)N(CCCCNC(=O)c1cnc(C(=O)N(Cc2ncc[nH]2)Cc2ncc[nH]2)cn1)C(C)C. The van der Waals surface area contributed by atoms with E-state index in [4.69, 9.17) is 0 Å². The van der Waals surface area contributed by atoms with Gasteiger partial charge in [0.05, 0.1) is 25.5 Å². The summed E-state index contributed by atoms with van der Waals surface area (Å²) in [5, 5.41) is 2.88. The summed E-state index contributed by atoms with van der Waals surface area (Å²) in [5.41, 5.74) is 0.318. The van der Waals surface area contributed by atoms with Crippen LogP contribution in [-0.2, 0) is 13.1 Å².